The minimum Gasteiger partial charge on any atom is -0.315 e. The number of Topliss-reactive ketones (excluding diaryl/α,β-unsaturated/α-hetero) is 1. The summed E-state index contributed by atoms with van der Waals surface area (Å²) in [7, 11) is 0. The molecule has 0 atom stereocenters. The average Bonchev–Trinajstić information content (AvgIpc) is 2.11. The van der Waals surface area contributed by atoms with Gasteiger partial charge in [-0.3, -0.25) is 22.5 Å². The Morgan fingerprint density at radius 3 is 2.38 bits per heavy atom. The van der Waals surface area contributed by atoms with Gasteiger partial charge < -0.3 is 4.79 Å². The van der Waals surface area contributed by atoms with Crippen molar-refractivity contribution in [3.05, 3.63) is 34.9 Å². The molecule has 0 aliphatic heterocycles. The summed E-state index contributed by atoms with van der Waals surface area (Å²) in [6.07, 6.45) is 0. The van der Waals surface area contributed by atoms with Crippen LogP contribution in [0.2, 0.25) is 0 Å². The molecule has 0 fully saturated rings. The normalized spacial score (nSPS) is 8.19. The van der Waals surface area contributed by atoms with Gasteiger partial charge >= 0.3 is 0 Å². The van der Waals surface area contributed by atoms with Crippen LogP contribution >= 0.6 is 0 Å². The summed E-state index contributed by atoms with van der Waals surface area (Å²) in [5, 5.41) is 0. The van der Waals surface area contributed by atoms with Gasteiger partial charge in [-0.25, -0.2) is 17.2 Å². The largest absolute Gasteiger partial charge is 0.315 e. The number of carbonyl (C=O) groups excluding carboxylic acids is 2. The van der Waals surface area contributed by atoms with Crippen LogP contribution in [-0.2, 0) is 63.4 Å². The smallest absolute Gasteiger partial charge is 0.0895 e. The van der Waals surface area contributed by atoms with Crippen molar-refractivity contribution in [2.45, 2.75) is 20.8 Å². The molecule has 2 nitrogen and oxygen atoms in total. The van der Waals surface area contributed by atoms with Crippen LogP contribution in [0.15, 0.2) is 6.07 Å². The standard InChI is InChI=1S/C12H10O2.W.Y/c1-8-4-5-9(2)11(6-8)12(7-13)10(3)14;;/h5H,1-3H3;;/q-2;;. The molecule has 0 aromatic heterocycles. The molecule has 16 heavy (non-hydrogen) atoms. The van der Waals surface area contributed by atoms with E-state index >= 15 is 0 Å². The van der Waals surface area contributed by atoms with Crippen LogP contribution < -0.4 is 0 Å². The maximum Gasteiger partial charge on any atom is 0.0895 e. The van der Waals surface area contributed by atoms with Crippen LogP contribution in [-0.4, -0.2) is 11.7 Å². The Labute approximate surface area is 135 Å². The molecule has 1 aromatic carbocycles. The Kier molecular flexibility index (Phi) is 9.54. The summed E-state index contributed by atoms with van der Waals surface area (Å²) in [6.45, 7) is 4.97. The van der Waals surface area contributed by atoms with Crippen molar-refractivity contribution in [2.24, 2.45) is 0 Å². The fourth-order valence-corrected chi connectivity index (χ4v) is 1.17. The molecule has 4 heteroatoms. The minimum absolute atomic E-state index is 0. The summed E-state index contributed by atoms with van der Waals surface area (Å²) in [6, 6.07) is 7.62. The number of rotatable bonds is 2. The van der Waals surface area contributed by atoms with Crippen LogP contribution in [0.1, 0.15) is 23.6 Å². The van der Waals surface area contributed by atoms with E-state index in [2.05, 4.69) is 12.1 Å². The predicted octanol–water partition coefficient (Wildman–Crippen LogP) is 1.70. The molecule has 0 aliphatic carbocycles. The molecule has 0 heterocycles. The van der Waals surface area contributed by atoms with E-state index in [-0.39, 0.29) is 65.1 Å². The van der Waals surface area contributed by atoms with Gasteiger partial charge in [0.05, 0.1) is 5.78 Å². The first-order valence-corrected chi connectivity index (χ1v) is 4.24. The average molecular weight is 459 g/mol. The van der Waals surface area contributed by atoms with E-state index < -0.39 is 0 Å². The molecule has 0 unspecified atom stereocenters. The third-order valence-corrected chi connectivity index (χ3v) is 1.92. The molecule has 0 N–H and O–H groups in total. The Balaban J connectivity index is 0. The molecule has 0 saturated heterocycles. The fourth-order valence-electron chi connectivity index (χ4n) is 1.17. The SMILES string of the molecule is CC(=O)C(=C=O)c1[c-]c(C)[c-]cc1C.[W].[Y]. The Morgan fingerprint density at radius 2 is 1.94 bits per heavy atom. The number of allylic oxidation sites excluding steroid dienone is 1. The van der Waals surface area contributed by atoms with Crippen molar-refractivity contribution >= 4 is 17.3 Å². The third-order valence-electron chi connectivity index (χ3n) is 1.92. The molecule has 1 radical (unpaired) electrons. The molecule has 81 valence electrons. The maximum absolute atomic E-state index is 11.1. The fraction of sp³-hybridized carbons (Fsp3) is 0.250. The summed E-state index contributed by atoms with van der Waals surface area (Å²) >= 11 is 0. The topological polar surface area (TPSA) is 34.1 Å². The molecule has 0 amide bonds. The van der Waals surface area contributed by atoms with Gasteiger partial charge in [-0.05, 0) is 6.92 Å². The quantitative estimate of drug-likeness (QED) is 0.384. The molecule has 0 bridgehead atoms. The molecule has 0 spiro atoms. The van der Waals surface area contributed by atoms with Gasteiger partial charge in [0.1, 0.15) is 0 Å². The third kappa shape index (κ3) is 4.55. The van der Waals surface area contributed by atoms with Crippen molar-refractivity contribution in [3.63, 3.8) is 0 Å². The van der Waals surface area contributed by atoms with Crippen molar-refractivity contribution in [1.82, 2.24) is 0 Å². The van der Waals surface area contributed by atoms with E-state index in [1.807, 2.05) is 13.8 Å². The van der Waals surface area contributed by atoms with Gasteiger partial charge in [-0.1, -0.05) is 12.5 Å². The molecular weight excluding hydrogens is 449 g/mol. The van der Waals surface area contributed by atoms with Crippen molar-refractivity contribution in [1.29, 1.82) is 0 Å². The van der Waals surface area contributed by atoms with E-state index in [9.17, 15) is 9.59 Å². The van der Waals surface area contributed by atoms with Crippen LogP contribution in [0.25, 0.3) is 5.57 Å². The van der Waals surface area contributed by atoms with E-state index in [1.54, 1.807) is 12.0 Å². The summed E-state index contributed by atoms with van der Waals surface area (Å²) < 4.78 is 0. The predicted molar refractivity (Wildman–Crippen MR) is 53.4 cm³/mol. The molecule has 1 aromatic rings. The van der Waals surface area contributed by atoms with Gasteiger partial charge in [0, 0.05) is 59.7 Å². The van der Waals surface area contributed by atoms with Crippen LogP contribution in [0.3, 0.4) is 0 Å². The van der Waals surface area contributed by atoms with Gasteiger partial charge in [0.15, 0.2) is 0 Å². The van der Waals surface area contributed by atoms with Gasteiger partial charge in [0.2, 0.25) is 0 Å². The Hall–Kier alpha value is 0.132. The van der Waals surface area contributed by atoms with Crippen LogP contribution in [0.5, 0.6) is 0 Å². The monoisotopic (exact) mass is 459 g/mol. The molecule has 0 saturated carbocycles. The van der Waals surface area contributed by atoms with E-state index in [1.165, 1.54) is 6.92 Å². The zero-order valence-electron chi connectivity index (χ0n) is 9.38. The first-order chi connectivity index (χ1) is 6.56. The second-order valence-corrected chi connectivity index (χ2v) is 3.13. The number of benzene rings is 1. The Bertz CT molecular complexity index is 435. The van der Waals surface area contributed by atoms with E-state index in [4.69, 9.17) is 0 Å². The maximum atomic E-state index is 11.1. The van der Waals surface area contributed by atoms with Gasteiger partial charge in [-0.15, -0.1) is 6.92 Å². The first-order valence-electron chi connectivity index (χ1n) is 4.24. The van der Waals surface area contributed by atoms with Crippen molar-refractivity contribution < 1.29 is 63.4 Å². The van der Waals surface area contributed by atoms with E-state index in [0.29, 0.717) is 5.56 Å². The molecule has 0 aliphatic rings. The molecular formula is C12H10O2WY-2. The number of hydrogen-bond acceptors (Lipinski definition) is 2. The summed E-state index contributed by atoms with van der Waals surface area (Å²) in [5.41, 5.74) is 2.17. The number of ketones is 1. The van der Waals surface area contributed by atoms with Crippen molar-refractivity contribution in [2.75, 3.05) is 0 Å². The number of carbonyl (C=O) groups is 1. The molecule has 1 rings (SSSR count). The van der Waals surface area contributed by atoms with Crippen LogP contribution in [0.4, 0.5) is 0 Å². The first kappa shape index (κ1) is 18.5. The van der Waals surface area contributed by atoms with Gasteiger partial charge in [-0.2, -0.15) is 0 Å². The minimum atomic E-state index is -0.287. The van der Waals surface area contributed by atoms with Gasteiger partial charge in [0.25, 0.3) is 0 Å². The van der Waals surface area contributed by atoms with Crippen molar-refractivity contribution in [3.8, 4) is 0 Å². The van der Waals surface area contributed by atoms with E-state index in [0.717, 1.165) is 11.1 Å². The number of aryl methyl sites for hydroxylation is 2. The summed E-state index contributed by atoms with van der Waals surface area (Å²) in [5.74, 6) is 1.37. The second kappa shape index (κ2) is 8.26. The zero-order chi connectivity index (χ0) is 10.7. The Morgan fingerprint density at radius 1 is 1.38 bits per heavy atom. The van der Waals surface area contributed by atoms with Crippen LogP contribution in [0, 0.1) is 26.0 Å². The summed E-state index contributed by atoms with van der Waals surface area (Å²) in [4.78, 5) is 21.7. The second-order valence-electron chi connectivity index (χ2n) is 3.13. The number of hydrogen-bond donors (Lipinski definition) is 0. The zero-order valence-corrected chi connectivity index (χ0v) is 15.2.